The number of hydrogen-bond acceptors (Lipinski definition) is 5. The lowest BCUT2D eigenvalue weighted by Gasteiger charge is -2.17. The van der Waals surface area contributed by atoms with Crippen LogP contribution in [0.15, 0.2) is 18.6 Å². The first kappa shape index (κ1) is 13.2. The number of rotatable bonds is 3. The zero-order valence-corrected chi connectivity index (χ0v) is 13.0. The molecule has 0 amide bonds. The maximum Gasteiger partial charge on any atom is 0.160 e. The van der Waals surface area contributed by atoms with Crippen LogP contribution in [0.5, 0.6) is 0 Å². The van der Waals surface area contributed by atoms with Crippen molar-refractivity contribution in [3.05, 3.63) is 24.4 Å². The average Bonchev–Trinajstić information content (AvgIpc) is 3.01. The second kappa shape index (κ2) is 4.53. The van der Waals surface area contributed by atoms with Crippen molar-refractivity contribution in [3.63, 3.8) is 0 Å². The van der Waals surface area contributed by atoms with E-state index in [1.54, 1.807) is 6.20 Å². The van der Waals surface area contributed by atoms with Gasteiger partial charge in [-0.3, -0.25) is 9.78 Å². The Balaban J connectivity index is 1.73. The molecule has 1 saturated carbocycles. The quantitative estimate of drug-likeness (QED) is 0.776. The van der Waals surface area contributed by atoms with Crippen LogP contribution in [0.1, 0.15) is 45.5 Å². The molecule has 2 N–H and O–H groups in total. The van der Waals surface area contributed by atoms with Crippen LogP contribution in [0, 0.1) is 0 Å². The van der Waals surface area contributed by atoms with Crippen molar-refractivity contribution in [1.82, 2.24) is 29.9 Å². The summed E-state index contributed by atoms with van der Waals surface area (Å²) in [6.07, 6.45) is 8.02. The maximum absolute atomic E-state index is 4.68. The van der Waals surface area contributed by atoms with Gasteiger partial charge in [-0.25, -0.2) is 9.97 Å². The normalized spacial score (nSPS) is 15.4. The van der Waals surface area contributed by atoms with Crippen molar-refractivity contribution in [2.45, 2.75) is 45.1 Å². The van der Waals surface area contributed by atoms with Gasteiger partial charge in [-0.05, 0) is 12.8 Å². The van der Waals surface area contributed by atoms with Gasteiger partial charge in [-0.15, -0.1) is 0 Å². The molecule has 0 saturated heterocycles. The first-order valence-electron chi connectivity index (χ1n) is 7.53. The first-order chi connectivity index (χ1) is 10.5. The number of nitrogens with zero attached hydrogens (tertiary/aromatic N) is 5. The summed E-state index contributed by atoms with van der Waals surface area (Å²) in [5.41, 5.74) is 2.44. The van der Waals surface area contributed by atoms with E-state index in [1.807, 2.05) is 17.1 Å². The van der Waals surface area contributed by atoms with Crippen molar-refractivity contribution in [2.75, 3.05) is 5.32 Å². The molecule has 1 aliphatic rings. The van der Waals surface area contributed by atoms with Crippen LogP contribution in [0.3, 0.4) is 0 Å². The predicted molar refractivity (Wildman–Crippen MR) is 84.2 cm³/mol. The predicted octanol–water partition coefficient (Wildman–Crippen LogP) is 2.93. The van der Waals surface area contributed by atoms with Gasteiger partial charge in [0.2, 0.25) is 0 Å². The Morgan fingerprint density at radius 2 is 2.05 bits per heavy atom. The van der Waals surface area contributed by atoms with E-state index in [0.717, 1.165) is 28.4 Å². The highest BCUT2D eigenvalue weighted by molar-refractivity contribution is 5.86. The molecule has 3 heterocycles. The Bertz CT molecular complexity index is 820. The van der Waals surface area contributed by atoms with Crippen LogP contribution >= 0.6 is 0 Å². The van der Waals surface area contributed by atoms with Crippen molar-refractivity contribution in [1.29, 1.82) is 0 Å². The summed E-state index contributed by atoms with van der Waals surface area (Å²) in [7, 11) is 0. The third-order valence-electron chi connectivity index (χ3n) is 3.76. The SMILES string of the molecule is CC(C)(C)c1nc(Nc2cnn(C3CC3)c2)c2[nH]ncc2n1. The third kappa shape index (κ3) is 2.32. The van der Waals surface area contributed by atoms with E-state index in [9.17, 15) is 0 Å². The van der Waals surface area contributed by atoms with Crippen LogP contribution in [0.2, 0.25) is 0 Å². The van der Waals surface area contributed by atoms with E-state index in [-0.39, 0.29) is 5.41 Å². The number of nitrogens with one attached hydrogen (secondary N) is 2. The number of H-pyrrole nitrogens is 1. The largest absolute Gasteiger partial charge is 0.336 e. The van der Waals surface area contributed by atoms with Gasteiger partial charge in [0, 0.05) is 11.6 Å². The average molecular weight is 297 g/mol. The van der Waals surface area contributed by atoms with Gasteiger partial charge in [0.1, 0.15) is 16.9 Å². The Morgan fingerprint density at radius 1 is 1.23 bits per heavy atom. The molecule has 1 fully saturated rings. The van der Waals surface area contributed by atoms with E-state index in [4.69, 9.17) is 0 Å². The van der Waals surface area contributed by atoms with Crippen molar-refractivity contribution in [2.24, 2.45) is 0 Å². The zero-order valence-electron chi connectivity index (χ0n) is 13.0. The smallest absolute Gasteiger partial charge is 0.160 e. The van der Waals surface area contributed by atoms with Crippen molar-refractivity contribution < 1.29 is 0 Å². The summed E-state index contributed by atoms with van der Waals surface area (Å²) in [5.74, 6) is 1.53. The number of hydrogen-bond donors (Lipinski definition) is 2. The monoisotopic (exact) mass is 297 g/mol. The van der Waals surface area contributed by atoms with Gasteiger partial charge in [-0.2, -0.15) is 10.2 Å². The second-order valence-corrected chi connectivity index (χ2v) is 6.84. The fourth-order valence-electron chi connectivity index (χ4n) is 2.34. The van der Waals surface area contributed by atoms with E-state index in [2.05, 4.69) is 51.4 Å². The highest BCUT2D eigenvalue weighted by atomic mass is 15.3. The molecule has 7 nitrogen and oxygen atoms in total. The van der Waals surface area contributed by atoms with Gasteiger partial charge in [0.15, 0.2) is 5.82 Å². The summed E-state index contributed by atoms with van der Waals surface area (Å²) in [5, 5.41) is 14.8. The number of fused-ring (bicyclic) bond motifs is 1. The summed E-state index contributed by atoms with van der Waals surface area (Å²) in [6.45, 7) is 6.30. The molecule has 22 heavy (non-hydrogen) atoms. The molecule has 0 aromatic carbocycles. The molecular formula is C15H19N7. The lowest BCUT2D eigenvalue weighted by Crippen LogP contribution is -2.16. The first-order valence-corrected chi connectivity index (χ1v) is 7.53. The van der Waals surface area contributed by atoms with Crippen LogP contribution in [0.25, 0.3) is 11.0 Å². The summed E-state index contributed by atoms with van der Waals surface area (Å²) in [6, 6.07) is 0.568. The highest BCUT2D eigenvalue weighted by Crippen LogP contribution is 2.35. The van der Waals surface area contributed by atoms with Gasteiger partial charge < -0.3 is 5.32 Å². The van der Waals surface area contributed by atoms with Gasteiger partial charge in [-0.1, -0.05) is 20.8 Å². The fraction of sp³-hybridized carbons (Fsp3) is 0.467. The molecule has 0 aliphatic heterocycles. The Hall–Kier alpha value is -2.44. The second-order valence-electron chi connectivity index (χ2n) is 6.84. The molecule has 3 aromatic rings. The lowest BCUT2D eigenvalue weighted by molar-refractivity contribution is 0.549. The van der Waals surface area contributed by atoms with E-state index in [1.165, 1.54) is 12.8 Å². The van der Waals surface area contributed by atoms with E-state index < -0.39 is 0 Å². The van der Waals surface area contributed by atoms with Crippen molar-refractivity contribution >= 4 is 22.5 Å². The molecule has 0 unspecified atom stereocenters. The molecule has 0 spiro atoms. The zero-order chi connectivity index (χ0) is 15.3. The topological polar surface area (TPSA) is 84.3 Å². The lowest BCUT2D eigenvalue weighted by atomic mass is 9.95. The van der Waals surface area contributed by atoms with Gasteiger partial charge in [0.05, 0.1) is 24.1 Å². The minimum Gasteiger partial charge on any atom is -0.336 e. The molecule has 1 aliphatic carbocycles. The standard InChI is InChI=1S/C15H19N7/c1-15(2,3)14-19-11-7-16-21-12(11)13(20-14)18-9-6-17-22(8-9)10-4-5-10/h6-8,10H,4-5H2,1-3H3,(H,16,21)(H,18,19,20). The number of aromatic nitrogens is 6. The molecule has 3 aromatic heterocycles. The van der Waals surface area contributed by atoms with Crippen LogP contribution < -0.4 is 5.32 Å². The Morgan fingerprint density at radius 3 is 2.77 bits per heavy atom. The Kier molecular flexibility index (Phi) is 2.72. The number of anilines is 2. The minimum atomic E-state index is -0.125. The molecule has 4 rings (SSSR count). The molecule has 114 valence electrons. The van der Waals surface area contributed by atoms with E-state index >= 15 is 0 Å². The maximum atomic E-state index is 4.68. The number of aromatic amines is 1. The van der Waals surface area contributed by atoms with Crippen LogP contribution in [0.4, 0.5) is 11.5 Å². The fourth-order valence-corrected chi connectivity index (χ4v) is 2.34. The molecular weight excluding hydrogens is 278 g/mol. The summed E-state index contributed by atoms with van der Waals surface area (Å²) < 4.78 is 2.01. The molecule has 0 atom stereocenters. The third-order valence-corrected chi connectivity index (χ3v) is 3.76. The molecule has 0 radical (unpaired) electrons. The summed E-state index contributed by atoms with van der Waals surface area (Å²) in [4.78, 5) is 9.27. The molecule has 7 heteroatoms. The van der Waals surface area contributed by atoms with Gasteiger partial charge >= 0.3 is 0 Å². The van der Waals surface area contributed by atoms with Crippen LogP contribution in [-0.2, 0) is 5.41 Å². The summed E-state index contributed by atoms with van der Waals surface area (Å²) >= 11 is 0. The van der Waals surface area contributed by atoms with Gasteiger partial charge in [0.25, 0.3) is 0 Å². The van der Waals surface area contributed by atoms with Crippen LogP contribution in [-0.4, -0.2) is 29.9 Å². The van der Waals surface area contributed by atoms with E-state index in [0.29, 0.717) is 6.04 Å². The highest BCUT2D eigenvalue weighted by Gasteiger charge is 2.25. The molecule has 0 bridgehead atoms. The van der Waals surface area contributed by atoms with Crippen molar-refractivity contribution in [3.8, 4) is 0 Å². The Labute approximate surface area is 128 Å². The minimum absolute atomic E-state index is 0.125.